The molecule has 0 unspecified atom stereocenters. The Hall–Kier alpha value is -1.95. The minimum atomic E-state index is -0.308. The van der Waals surface area contributed by atoms with Gasteiger partial charge in [0.1, 0.15) is 5.82 Å². The van der Waals surface area contributed by atoms with Gasteiger partial charge in [-0.25, -0.2) is 4.39 Å². The van der Waals surface area contributed by atoms with Crippen LogP contribution in [0.15, 0.2) is 33.5 Å². The molecule has 2 aromatic rings. The number of carbonyl (C=O) groups excluding carboxylic acids is 1. The van der Waals surface area contributed by atoms with Crippen molar-refractivity contribution >= 4 is 21.8 Å². The molecule has 0 fully saturated rings. The first-order valence-electron chi connectivity index (χ1n) is 8.77. The third-order valence-electron chi connectivity index (χ3n) is 4.56. The van der Waals surface area contributed by atoms with Crippen LogP contribution in [0.1, 0.15) is 59.9 Å². The summed E-state index contributed by atoms with van der Waals surface area (Å²) in [7, 11) is 0. The van der Waals surface area contributed by atoms with Gasteiger partial charge in [-0.3, -0.25) is 9.59 Å². The summed E-state index contributed by atoms with van der Waals surface area (Å²) in [5.74, 6) is -0.543. The third-order valence-corrected chi connectivity index (χ3v) is 5.50. The standard InChI is InChI=1S/C20H24BrFN2O2/c1-5-11-24-13(4)17(12(3)18(21)20(24)26)19(25)23-16(6-2)14-7-9-15(22)10-8-14/h7-10,16H,5-6,11H2,1-4H3,(H,23,25)/t16-/m0/s1. The molecule has 26 heavy (non-hydrogen) atoms. The van der Waals surface area contributed by atoms with Gasteiger partial charge in [0.05, 0.1) is 16.1 Å². The Balaban J connectivity index is 2.42. The second kappa shape index (κ2) is 8.62. The van der Waals surface area contributed by atoms with Crippen LogP contribution in [0, 0.1) is 19.7 Å². The Bertz CT molecular complexity index is 860. The van der Waals surface area contributed by atoms with Crippen molar-refractivity contribution in [1.82, 2.24) is 9.88 Å². The van der Waals surface area contributed by atoms with E-state index >= 15 is 0 Å². The number of nitrogens with zero attached hydrogens (tertiary/aromatic N) is 1. The van der Waals surface area contributed by atoms with E-state index in [0.717, 1.165) is 12.0 Å². The van der Waals surface area contributed by atoms with Gasteiger partial charge in [0, 0.05) is 12.2 Å². The fourth-order valence-electron chi connectivity index (χ4n) is 3.12. The number of benzene rings is 1. The summed E-state index contributed by atoms with van der Waals surface area (Å²) in [6.07, 6.45) is 1.47. The van der Waals surface area contributed by atoms with E-state index in [4.69, 9.17) is 0 Å². The number of hydrogen-bond donors (Lipinski definition) is 1. The van der Waals surface area contributed by atoms with Gasteiger partial charge < -0.3 is 9.88 Å². The van der Waals surface area contributed by atoms with Gasteiger partial charge in [0.15, 0.2) is 0 Å². The van der Waals surface area contributed by atoms with E-state index in [2.05, 4.69) is 21.2 Å². The maximum absolute atomic E-state index is 13.2. The molecule has 1 atom stereocenters. The molecule has 1 heterocycles. The summed E-state index contributed by atoms with van der Waals surface area (Å²) in [4.78, 5) is 25.5. The highest BCUT2D eigenvalue weighted by Crippen LogP contribution is 2.23. The number of hydrogen-bond acceptors (Lipinski definition) is 2. The molecule has 0 saturated heterocycles. The molecule has 0 bridgehead atoms. The number of halogens is 2. The largest absolute Gasteiger partial charge is 0.345 e. The molecule has 1 aromatic heterocycles. The predicted octanol–water partition coefficient (Wildman–Crippen LogP) is 4.66. The normalized spacial score (nSPS) is 12.1. The molecule has 1 N–H and O–H groups in total. The monoisotopic (exact) mass is 422 g/mol. The fraction of sp³-hybridized carbons (Fsp3) is 0.400. The second-order valence-corrected chi connectivity index (χ2v) is 7.14. The van der Waals surface area contributed by atoms with Crippen LogP contribution in [0.3, 0.4) is 0 Å². The van der Waals surface area contributed by atoms with E-state index in [0.29, 0.717) is 34.3 Å². The minimum Gasteiger partial charge on any atom is -0.345 e. The van der Waals surface area contributed by atoms with Crippen LogP contribution in [0.25, 0.3) is 0 Å². The highest BCUT2D eigenvalue weighted by molar-refractivity contribution is 9.10. The number of aromatic nitrogens is 1. The van der Waals surface area contributed by atoms with Gasteiger partial charge in [0.2, 0.25) is 0 Å². The Morgan fingerprint density at radius 1 is 1.23 bits per heavy atom. The molecule has 4 nitrogen and oxygen atoms in total. The van der Waals surface area contributed by atoms with Crippen molar-refractivity contribution in [2.75, 3.05) is 0 Å². The van der Waals surface area contributed by atoms with Gasteiger partial charge in [-0.2, -0.15) is 0 Å². The van der Waals surface area contributed by atoms with E-state index < -0.39 is 0 Å². The van der Waals surface area contributed by atoms with Crippen molar-refractivity contribution in [3.05, 3.63) is 67.3 Å². The van der Waals surface area contributed by atoms with Crippen molar-refractivity contribution < 1.29 is 9.18 Å². The zero-order valence-electron chi connectivity index (χ0n) is 15.5. The number of nitrogens with one attached hydrogen (secondary N) is 1. The fourth-order valence-corrected chi connectivity index (χ4v) is 3.53. The van der Waals surface area contributed by atoms with Crippen molar-refractivity contribution in [3.63, 3.8) is 0 Å². The van der Waals surface area contributed by atoms with Crippen molar-refractivity contribution in [3.8, 4) is 0 Å². The van der Waals surface area contributed by atoms with Crippen LogP contribution >= 0.6 is 15.9 Å². The van der Waals surface area contributed by atoms with Crippen molar-refractivity contribution in [1.29, 1.82) is 0 Å². The van der Waals surface area contributed by atoms with E-state index in [1.807, 2.05) is 13.8 Å². The average molecular weight is 423 g/mol. The number of carbonyl (C=O) groups is 1. The highest BCUT2D eigenvalue weighted by atomic mass is 79.9. The number of pyridine rings is 1. The summed E-state index contributed by atoms with van der Waals surface area (Å²) in [6, 6.07) is 5.90. The second-order valence-electron chi connectivity index (χ2n) is 6.34. The summed E-state index contributed by atoms with van der Waals surface area (Å²) in [6.45, 7) is 8.06. The molecule has 0 spiro atoms. The van der Waals surface area contributed by atoms with Gasteiger partial charge >= 0.3 is 0 Å². The lowest BCUT2D eigenvalue weighted by Crippen LogP contribution is -2.33. The van der Waals surface area contributed by atoms with Crippen LogP contribution < -0.4 is 10.9 Å². The molecular weight excluding hydrogens is 399 g/mol. The lowest BCUT2D eigenvalue weighted by atomic mass is 10.0. The predicted molar refractivity (Wildman–Crippen MR) is 105 cm³/mol. The zero-order valence-corrected chi connectivity index (χ0v) is 17.1. The third kappa shape index (κ3) is 4.06. The maximum atomic E-state index is 13.2. The van der Waals surface area contributed by atoms with Crippen molar-refractivity contribution in [2.45, 2.75) is 53.1 Å². The van der Waals surface area contributed by atoms with E-state index in [1.54, 1.807) is 30.5 Å². The quantitative estimate of drug-likeness (QED) is 0.735. The first-order chi connectivity index (χ1) is 12.3. The van der Waals surface area contributed by atoms with Crippen LogP contribution in [0.4, 0.5) is 4.39 Å². The molecule has 0 saturated carbocycles. The highest BCUT2D eigenvalue weighted by Gasteiger charge is 2.22. The number of amides is 1. The lowest BCUT2D eigenvalue weighted by Gasteiger charge is -2.21. The van der Waals surface area contributed by atoms with Crippen molar-refractivity contribution in [2.24, 2.45) is 0 Å². The smallest absolute Gasteiger partial charge is 0.265 e. The Labute approximate surface area is 161 Å². The Morgan fingerprint density at radius 2 is 1.85 bits per heavy atom. The average Bonchev–Trinajstić information content (AvgIpc) is 2.62. The van der Waals surface area contributed by atoms with Gasteiger partial charge in [-0.15, -0.1) is 0 Å². The van der Waals surface area contributed by atoms with Gasteiger partial charge in [-0.1, -0.05) is 26.0 Å². The van der Waals surface area contributed by atoms with Crippen LogP contribution in [-0.2, 0) is 6.54 Å². The molecule has 0 radical (unpaired) electrons. The maximum Gasteiger partial charge on any atom is 0.265 e. The summed E-state index contributed by atoms with van der Waals surface area (Å²) in [5, 5.41) is 3.02. The first kappa shape index (κ1) is 20.4. The number of rotatable bonds is 6. The van der Waals surface area contributed by atoms with Crippen LogP contribution in [0.5, 0.6) is 0 Å². The minimum absolute atomic E-state index is 0.121. The summed E-state index contributed by atoms with van der Waals surface area (Å²) < 4.78 is 15.2. The molecule has 2 rings (SSSR count). The summed E-state index contributed by atoms with van der Waals surface area (Å²) >= 11 is 3.33. The molecule has 0 aliphatic carbocycles. The Kier molecular flexibility index (Phi) is 6.75. The Morgan fingerprint density at radius 3 is 2.38 bits per heavy atom. The molecule has 1 aromatic carbocycles. The molecule has 1 amide bonds. The topological polar surface area (TPSA) is 51.1 Å². The zero-order chi connectivity index (χ0) is 19.4. The van der Waals surface area contributed by atoms with Crippen LogP contribution in [0.2, 0.25) is 0 Å². The van der Waals surface area contributed by atoms with Crippen LogP contribution in [-0.4, -0.2) is 10.5 Å². The molecular formula is C20H24BrFN2O2. The molecule has 6 heteroatoms. The van der Waals surface area contributed by atoms with E-state index in [-0.39, 0.29) is 23.3 Å². The molecule has 140 valence electrons. The molecule has 0 aliphatic heterocycles. The van der Waals surface area contributed by atoms with Gasteiger partial charge in [-0.05, 0) is 65.9 Å². The van der Waals surface area contributed by atoms with E-state index in [1.165, 1.54) is 12.1 Å². The molecule has 0 aliphatic rings. The van der Waals surface area contributed by atoms with Gasteiger partial charge in [0.25, 0.3) is 11.5 Å². The van der Waals surface area contributed by atoms with E-state index in [9.17, 15) is 14.0 Å². The first-order valence-corrected chi connectivity index (χ1v) is 9.56. The summed E-state index contributed by atoms with van der Waals surface area (Å²) in [5.41, 5.74) is 2.52. The lowest BCUT2D eigenvalue weighted by molar-refractivity contribution is 0.0933. The SMILES string of the molecule is CCCn1c(C)c(C(=O)N[C@@H](CC)c2ccc(F)cc2)c(C)c(Br)c1=O.